The van der Waals surface area contributed by atoms with Crippen LogP contribution in [0, 0.1) is 0 Å². The molecule has 3 nitrogen and oxygen atoms in total. The first kappa shape index (κ1) is 30.0. The fourth-order valence-electron chi connectivity index (χ4n) is 9.04. The molecule has 53 heavy (non-hydrogen) atoms. The van der Waals surface area contributed by atoms with E-state index in [1.807, 2.05) is 12.4 Å². The first-order chi connectivity index (χ1) is 26.0. The maximum Gasteiger partial charge on any atom is 0.0724 e. The highest BCUT2D eigenvalue weighted by Gasteiger charge is 2.35. The second-order valence-corrected chi connectivity index (χ2v) is 14.9. The normalized spacial score (nSPS) is 13.2. The summed E-state index contributed by atoms with van der Waals surface area (Å²) in [5, 5.41) is 4.93. The van der Waals surface area contributed by atoms with Gasteiger partial charge in [0.15, 0.2) is 0 Å². The summed E-state index contributed by atoms with van der Waals surface area (Å²) in [4.78, 5) is 4.60. The van der Waals surface area contributed by atoms with Crippen molar-refractivity contribution in [1.82, 2.24) is 14.1 Å². The summed E-state index contributed by atoms with van der Waals surface area (Å²) < 4.78 is 4.79. The van der Waals surface area contributed by atoms with Crippen molar-refractivity contribution in [3.05, 3.63) is 187 Å². The molecule has 0 saturated carbocycles. The SMILES string of the molecule is CC1(C)c2ccccc2-c2ccc(-n3c4ccc(-c5ccc6c(c5)c5ccccc5n6-c5cccc(-c6ccccc6)c5)cc4c4ccncc43)cc21. The highest BCUT2D eigenvalue weighted by molar-refractivity contribution is 6.12. The molecule has 11 rings (SSSR count). The van der Waals surface area contributed by atoms with Gasteiger partial charge in [-0.3, -0.25) is 4.98 Å². The van der Waals surface area contributed by atoms with Gasteiger partial charge in [-0.1, -0.05) is 117 Å². The Hall–Kier alpha value is -6.71. The molecule has 3 heterocycles. The Kier molecular flexibility index (Phi) is 6.30. The fourth-order valence-corrected chi connectivity index (χ4v) is 9.04. The van der Waals surface area contributed by atoms with Crippen molar-refractivity contribution in [3.8, 4) is 44.8 Å². The van der Waals surface area contributed by atoms with Crippen molar-refractivity contribution in [2.24, 2.45) is 0 Å². The maximum absolute atomic E-state index is 4.60. The molecule has 0 atom stereocenters. The third-order valence-electron chi connectivity index (χ3n) is 11.6. The van der Waals surface area contributed by atoms with Crippen LogP contribution in [0.3, 0.4) is 0 Å². The van der Waals surface area contributed by atoms with Gasteiger partial charge in [0, 0.05) is 44.5 Å². The number of rotatable bonds is 4. The Morgan fingerprint density at radius 3 is 1.81 bits per heavy atom. The van der Waals surface area contributed by atoms with Crippen LogP contribution in [-0.4, -0.2) is 14.1 Å². The number of para-hydroxylation sites is 1. The summed E-state index contributed by atoms with van der Waals surface area (Å²) in [6.45, 7) is 4.69. The van der Waals surface area contributed by atoms with Crippen molar-refractivity contribution in [3.63, 3.8) is 0 Å². The predicted octanol–water partition coefficient (Wildman–Crippen LogP) is 12.9. The molecule has 0 spiro atoms. The van der Waals surface area contributed by atoms with E-state index in [1.54, 1.807) is 0 Å². The van der Waals surface area contributed by atoms with Gasteiger partial charge in [0.25, 0.3) is 0 Å². The smallest absolute Gasteiger partial charge is 0.0724 e. The van der Waals surface area contributed by atoms with E-state index in [1.165, 1.54) is 82.6 Å². The molecule has 0 fully saturated rings. The number of benzene rings is 7. The first-order valence-corrected chi connectivity index (χ1v) is 18.4. The highest BCUT2D eigenvalue weighted by atomic mass is 15.0. The zero-order chi connectivity index (χ0) is 35.3. The van der Waals surface area contributed by atoms with Gasteiger partial charge in [-0.25, -0.2) is 0 Å². The Bertz CT molecular complexity index is 3090. The molecule has 250 valence electrons. The van der Waals surface area contributed by atoms with E-state index in [0.717, 1.165) is 16.9 Å². The molecule has 0 amide bonds. The standard InChI is InChI=1S/C50H35N3/c1-50(2)44-17-8-6-15-38(44)39-22-21-37(30-45(39)50)53-48-24-20-35(29-43(48)41-25-26-51-31-49(41)53)34-19-23-47-42(28-34)40-16-7-9-18-46(40)52(47)36-14-10-13-33(27-36)32-11-4-3-5-12-32/h3-31H,1-2H3. The third-order valence-corrected chi connectivity index (χ3v) is 11.6. The highest BCUT2D eigenvalue weighted by Crippen LogP contribution is 2.49. The van der Waals surface area contributed by atoms with Crippen LogP contribution in [-0.2, 0) is 5.41 Å². The Balaban J connectivity index is 1.06. The predicted molar refractivity (Wildman–Crippen MR) is 221 cm³/mol. The minimum atomic E-state index is -0.0709. The van der Waals surface area contributed by atoms with Crippen molar-refractivity contribution < 1.29 is 0 Å². The van der Waals surface area contributed by atoms with E-state index >= 15 is 0 Å². The van der Waals surface area contributed by atoms with E-state index in [0.29, 0.717) is 0 Å². The van der Waals surface area contributed by atoms with Gasteiger partial charge in [0.1, 0.15) is 0 Å². The number of pyridine rings is 1. The topological polar surface area (TPSA) is 22.8 Å². The summed E-state index contributed by atoms with van der Waals surface area (Å²) >= 11 is 0. The minimum Gasteiger partial charge on any atom is -0.309 e. The van der Waals surface area contributed by atoms with E-state index in [9.17, 15) is 0 Å². The molecule has 0 aliphatic heterocycles. The summed E-state index contributed by atoms with van der Waals surface area (Å²) in [7, 11) is 0. The van der Waals surface area contributed by atoms with Crippen LogP contribution in [0.2, 0.25) is 0 Å². The van der Waals surface area contributed by atoms with Gasteiger partial charge >= 0.3 is 0 Å². The van der Waals surface area contributed by atoms with E-state index < -0.39 is 0 Å². The van der Waals surface area contributed by atoms with Gasteiger partial charge in [-0.2, -0.15) is 0 Å². The van der Waals surface area contributed by atoms with Crippen LogP contribution in [0.5, 0.6) is 0 Å². The Morgan fingerprint density at radius 1 is 0.396 bits per heavy atom. The summed E-state index contributed by atoms with van der Waals surface area (Å²) in [6.07, 6.45) is 3.92. The van der Waals surface area contributed by atoms with Gasteiger partial charge < -0.3 is 9.13 Å². The molecule has 1 aliphatic rings. The van der Waals surface area contributed by atoms with Crippen molar-refractivity contribution in [2.45, 2.75) is 19.3 Å². The maximum atomic E-state index is 4.60. The van der Waals surface area contributed by atoms with Gasteiger partial charge in [0.05, 0.1) is 28.3 Å². The van der Waals surface area contributed by atoms with Gasteiger partial charge in [-0.05, 0) is 105 Å². The molecule has 7 aromatic carbocycles. The minimum absolute atomic E-state index is 0.0709. The monoisotopic (exact) mass is 677 g/mol. The van der Waals surface area contributed by atoms with Crippen LogP contribution < -0.4 is 0 Å². The lowest BCUT2D eigenvalue weighted by Crippen LogP contribution is -2.15. The average Bonchev–Trinajstić information content (AvgIpc) is 3.81. The van der Waals surface area contributed by atoms with Gasteiger partial charge in [0.2, 0.25) is 0 Å². The number of hydrogen-bond donors (Lipinski definition) is 0. The molecule has 0 radical (unpaired) electrons. The quantitative estimate of drug-likeness (QED) is 0.182. The van der Waals surface area contributed by atoms with E-state index in [4.69, 9.17) is 0 Å². The van der Waals surface area contributed by atoms with E-state index in [2.05, 4.69) is 192 Å². The Labute approximate surface area is 308 Å². The molecule has 3 heteroatoms. The summed E-state index contributed by atoms with van der Waals surface area (Å²) in [6, 6.07) is 60.1. The van der Waals surface area contributed by atoms with Crippen LogP contribution >= 0.6 is 0 Å². The van der Waals surface area contributed by atoms with Crippen LogP contribution in [0.4, 0.5) is 0 Å². The van der Waals surface area contributed by atoms with E-state index in [-0.39, 0.29) is 5.41 Å². The second-order valence-electron chi connectivity index (χ2n) is 14.9. The zero-order valence-corrected chi connectivity index (χ0v) is 29.6. The zero-order valence-electron chi connectivity index (χ0n) is 29.6. The Morgan fingerprint density at radius 2 is 1.00 bits per heavy atom. The van der Waals surface area contributed by atoms with Gasteiger partial charge in [-0.15, -0.1) is 0 Å². The molecule has 1 aliphatic carbocycles. The molecule has 3 aromatic heterocycles. The number of nitrogens with zero attached hydrogens (tertiary/aromatic N) is 3. The largest absolute Gasteiger partial charge is 0.309 e. The summed E-state index contributed by atoms with van der Waals surface area (Å²) in [5.41, 5.74) is 17.2. The molecule has 10 aromatic rings. The fraction of sp³-hybridized carbons (Fsp3) is 0.0600. The van der Waals surface area contributed by atoms with Crippen LogP contribution in [0.15, 0.2) is 176 Å². The lowest BCUT2D eigenvalue weighted by Gasteiger charge is -2.22. The number of hydrogen-bond acceptors (Lipinski definition) is 1. The summed E-state index contributed by atoms with van der Waals surface area (Å²) in [5.74, 6) is 0. The van der Waals surface area contributed by atoms with Crippen molar-refractivity contribution in [2.75, 3.05) is 0 Å². The number of aromatic nitrogens is 3. The first-order valence-electron chi connectivity index (χ1n) is 18.4. The lowest BCUT2D eigenvalue weighted by atomic mass is 9.82. The molecule has 0 unspecified atom stereocenters. The molecule has 0 bridgehead atoms. The van der Waals surface area contributed by atoms with Crippen molar-refractivity contribution >= 4 is 43.6 Å². The average molecular weight is 678 g/mol. The second kappa shape index (κ2) is 11.1. The molecular weight excluding hydrogens is 643 g/mol. The lowest BCUT2D eigenvalue weighted by molar-refractivity contribution is 0.660. The molecular formula is C50H35N3. The molecule has 0 N–H and O–H groups in total. The van der Waals surface area contributed by atoms with Crippen LogP contribution in [0.25, 0.3) is 88.4 Å². The molecule has 0 saturated heterocycles. The van der Waals surface area contributed by atoms with Crippen molar-refractivity contribution in [1.29, 1.82) is 0 Å². The van der Waals surface area contributed by atoms with Crippen LogP contribution in [0.1, 0.15) is 25.0 Å². The third kappa shape index (κ3) is 4.37. The number of fused-ring (bicyclic) bond motifs is 9.